The third kappa shape index (κ3) is 4.15. The van der Waals surface area contributed by atoms with E-state index in [0.717, 1.165) is 35.1 Å². The van der Waals surface area contributed by atoms with Crippen molar-refractivity contribution < 1.29 is 19.1 Å². The number of esters is 1. The number of methoxy groups -OCH3 is 1. The Morgan fingerprint density at radius 1 is 0.939 bits per heavy atom. The van der Waals surface area contributed by atoms with E-state index < -0.39 is 0 Å². The second-order valence-electron chi connectivity index (χ2n) is 8.94. The highest BCUT2D eigenvalue weighted by Gasteiger charge is 2.35. The zero-order valence-electron chi connectivity index (χ0n) is 19.6. The van der Waals surface area contributed by atoms with E-state index in [1.54, 1.807) is 6.07 Å². The van der Waals surface area contributed by atoms with Gasteiger partial charge in [0.25, 0.3) is 11.8 Å². The Kier molecular flexibility index (Phi) is 6.32. The maximum atomic E-state index is 12.8. The predicted molar refractivity (Wildman–Crippen MR) is 128 cm³/mol. The van der Waals surface area contributed by atoms with Crippen LogP contribution in [0.4, 0.5) is 0 Å². The van der Waals surface area contributed by atoms with Gasteiger partial charge in [0.1, 0.15) is 0 Å². The smallest absolute Gasteiger partial charge is 0.338 e. The lowest BCUT2D eigenvalue weighted by molar-refractivity contribution is 0.0599. The van der Waals surface area contributed by atoms with Crippen molar-refractivity contribution in [2.24, 2.45) is 0 Å². The van der Waals surface area contributed by atoms with Crippen LogP contribution in [0.1, 0.15) is 80.4 Å². The molecule has 0 saturated carbocycles. The first kappa shape index (κ1) is 22.7. The van der Waals surface area contributed by atoms with Crippen LogP contribution in [-0.2, 0) is 11.2 Å². The van der Waals surface area contributed by atoms with Crippen molar-refractivity contribution in [3.63, 3.8) is 0 Å². The maximum Gasteiger partial charge on any atom is 0.338 e. The Morgan fingerprint density at radius 3 is 2.33 bits per heavy atom. The predicted octanol–water partition coefficient (Wildman–Crippen LogP) is 5.63. The van der Waals surface area contributed by atoms with Crippen LogP contribution in [0.2, 0.25) is 0 Å². The number of amides is 2. The molecule has 0 aromatic heterocycles. The molecule has 2 amide bonds. The first-order chi connectivity index (χ1) is 15.8. The van der Waals surface area contributed by atoms with Gasteiger partial charge in [0.15, 0.2) is 0 Å². The topological polar surface area (TPSA) is 63.7 Å². The molecule has 0 atom stereocenters. The van der Waals surface area contributed by atoms with E-state index >= 15 is 0 Å². The Hall–Kier alpha value is -3.47. The summed E-state index contributed by atoms with van der Waals surface area (Å²) in [6.45, 7) is 6.53. The Morgan fingerprint density at radius 2 is 1.67 bits per heavy atom. The van der Waals surface area contributed by atoms with Gasteiger partial charge >= 0.3 is 5.97 Å². The van der Waals surface area contributed by atoms with Gasteiger partial charge in [0.05, 0.1) is 23.8 Å². The summed E-state index contributed by atoms with van der Waals surface area (Å²) in [6, 6.07) is 15.6. The molecule has 1 heterocycles. The van der Waals surface area contributed by atoms with Crippen LogP contribution < -0.4 is 0 Å². The third-order valence-electron chi connectivity index (χ3n) is 6.49. The fourth-order valence-corrected chi connectivity index (χ4v) is 4.60. The summed E-state index contributed by atoms with van der Waals surface area (Å²) < 4.78 is 5.00. The lowest BCUT2D eigenvalue weighted by Crippen LogP contribution is -2.30. The molecule has 33 heavy (non-hydrogen) atoms. The molecule has 1 aromatic carbocycles. The summed E-state index contributed by atoms with van der Waals surface area (Å²) in [5.41, 5.74) is 6.64. The molecular weight excluding hydrogens is 414 g/mol. The summed E-state index contributed by atoms with van der Waals surface area (Å²) in [5, 5.41) is 0. The van der Waals surface area contributed by atoms with Crippen LogP contribution in [0.25, 0.3) is 11.1 Å². The van der Waals surface area contributed by atoms with Gasteiger partial charge in [0, 0.05) is 6.54 Å². The lowest BCUT2D eigenvalue weighted by atomic mass is 10.0. The zero-order chi connectivity index (χ0) is 23.7. The Balaban J connectivity index is 1.49. The number of rotatable bonds is 7. The van der Waals surface area contributed by atoms with Crippen LogP contribution in [0.5, 0.6) is 0 Å². The van der Waals surface area contributed by atoms with Crippen LogP contribution >= 0.6 is 0 Å². The number of ether oxygens (including phenoxy) is 1. The van der Waals surface area contributed by atoms with Crippen LogP contribution in [0, 0.1) is 6.92 Å². The number of unbranched alkanes of at least 4 members (excludes halogenated alkanes) is 1. The van der Waals surface area contributed by atoms with Gasteiger partial charge in [-0.2, -0.15) is 0 Å². The molecule has 170 valence electrons. The highest BCUT2D eigenvalue weighted by atomic mass is 16.5. The normalized spacial score (nSPS) is 13.2. The average Bonchev–Trinajstić information content (AvgIpc) is 3.14. The van der Waals surface area contributed by atoms with E-state index in [0.29, 0.717) is 35.6 Å². The van der Waals surface area contributed by atoms with Gasteiger partial charge in [-0.05, 0) is 72.1 Å². The van der Waals surface area contributed by atoms with Gasteiger partial charge in [-0.3, -0.25) is 14.5 Å². The molecule has 1 aliphatic heterocycles. The second-order valence-corrected chi connectivity index (χ2v) is 8.94. The number of nitrogens with zero attached hydrogens (tertiary/aromatic N) is 1. The molecule has 0 unspecified atom stereocenters. The number of carbonyl (C=O) groups excluding carboxylic acids is 3. The maximum absolute atomic E-state index is 12.8. The van der Waals surface area contributed by atoms with Crippen LogP contribution in [-0.4, -0.2) is 36.3 Å². The summed E-state index contributed by atoms with van der Waals surface area (Å²) >= 11 is 0. The third-order valence-corrected chi connectivity index (χ3v) is 6.49. The van der Waals surface area contributed by atoms with Crippen molar-refractivity contribution in [3.05, 3.63) is 81.9 Å². The molecule has 3 aliphatic rings. The molecule has 0 fully saturated rings. The molecule has 5 nitrogen and oxygen atoms in total. The van der Waals surface area contributed by atoms with Gasteiger partial charge in [0.2, 0.25) is 0 Å². The number of hydrogen-bond acceptors (Lipinski definition) is 4. The molecule has 0 N–H and O–H groups in total. The molecular formula is C28H29NO4. The lowest BCUT2D eigenvalue weighted by Gasteiger charge is -2.13. The van der Waals surface area contributed by atoms with Gasteiger partial charge in [-0.15, -0.1) is 0 Å². The van der Waals surface area contributed by atoms with E-state index in [1.165, 1.54) is 17.6 Å². The number of hydrogen-bond donors (Lipinski definition) is 0. The van der Waals surface area contributed by atoms with Crippen molar-refractivity contribution in [1.82, 2.24) is 4.90 Å². The SMILES string of the molecule is COC(=O)c1cc(CCCCN2C(=O)c3cccc(C)c3C2=O)c2ccc(C(C)C)ccc1-2. The minimum absolute atomic E-state index is 0.201. The van der Waals surface area contributed by atoms with E-state index in [-0.39, 0.29) is 17.8 Å². The number of aryl methyl sites for hydroxylation is 2. The minimum atomic E-state index is -0.343. The van der Waals surface area contributed by atoms with E-state index in [1.807, 2.05) is 31.2 Å². The molecule has 0 bridgehead atoms. The van der Waals surface area contributed by atoms with Crippen molar-refractivity contribution >= 4 is 17.8 Å². The van der Waals surface area contributed by atoms with Crippen LogP contribution in [0.15, 0.2) is 48.5 Å². The molecule has 0 saturated heterocycles. The van der Waals surface area contributed by atoms with Crippen molar-refractivity contribution in [2.45, 2.75) is 46.0 Å². The summed E-state index contributed by atoms with van der Waals surface area (Å²) in [5.74, 6) is -0.369. The second kappa shape index (κ2) is 9.18. The fraction of sp³-hybridized carbons (Fsp3) is 0.321. The monoisotopic (exact) mass is 443 g/mol. The van der Waals surface area contributed by atoms with Gasteiger partial charge < -0.3 is 4.74 Å². The van der Waals surface area contributed by atoms with Gasteiger partial charge in [-0.25, -0.2) is 4.79 Å². The first-order valence-corrected chi connectivity index (χ1v) is 11.4. The van der Waals surface area contributed by atoms with Crippen molar-refractivity contribution in [3.8, 4) is 11.1 Å². The highest BCUT2D eigenvalue weighted by Crippen LogP contribution is 2.34. The number of carbonyl (C=O) groups is 3. The molecule has 1 aromatic rings. The number of fused-ring (bicyclic) bond motifs is 2. The first-order valence-electron chi connectivity index (χ1n) is 11.4. The molecule has 2 aliphatic carbocycles. The molecule has 0 spiro atoms. The van der Waals surface area contributed by atoms with Gasteiger partial charge in [-0.1, -0.05) is 50.2 Å². The molecule has 0 radical (unpaired) electrons. The minimum Gasteiger partial charge on any atom is -0.465 e. The summed E-state index contributed by atoms with van der Waals surface area (Å²) in [4.78, 5) is 39.2. The Bertz CT molecular complexity index is 1210. The Labute approximate surface area is 194 Å². The van der Waals surface area contributed by atoms with Crippen molar-refractivity contribution in [1.29, 1.82) is 0 Å². The number of imide groups is 1. The van der Waals surface area contributed by atoms with E-state index in [2.05, 4.69) is 32.0 Å². The average molecular weight is 444 g/mol. The quantitative estimate of drug-likeness (QED) is 0.270. The standard InChI is InChI=1S/C28H29NO4/c1-17(2)19-11-13-21-20(16-24(28(32)33-4)22(21)14-12-19)9-5-6-15-29-26(30)23-10-7-8-18(3)25(23)27(29)31/h7-8,10-14,16-17H,5-6,9,15H2,1-4H3. The summed E-state index contributed by atoms with van der Waals surface area (Å²) in [7, 11) is 1.40. The fourth-order valence-electron chi connectivity index (χ4n) is 4.60. The molecule has 5 heteroatoms. The largest absolute Gasteiger partial charge is 0.465 e. The van der Waals surface area contributed by atoms with Crippen LogP contribution in [0.3, 0.4) is 0 Å². The highest BCUT2D eigenvalue weighted by molar-refractivity contribution is 6.22. The number of benzene rings is 1. The van der Waals surface area contributed by atoms with E-state index in [4.69, 9.17) is 4.74 Å². The van der Waals surface area contributed by atoms with E-state index in [9.17, 15) is 14.4 Å². The zero-order valence-corrected chi connectivity index (χ0v) is 19.6. The molecule has 4 rings (SSSR count). The van der Waals surface area contributed by atoms with Crippen molar-refractivity contribution in [2.75, 3.05) is 13.7 Å². The summed E-state index contributed by atoms with van der Waals surface area (Å²) in [6.07, 6.45) is 2.24.